The summed E-state index contributed by atoms with van der Waals surface area (Å²) >= 11 is 1.67. The highest BCUT2D eigenvalue weighted by Gasteiger charge is 2.09. The molecule has 0 bridgehead atoms. The first-order chi connectivity index (χ1) is 9.24. The molecule has 0 fully saturated rings. The number of hydrogen-bond acceptors (Lipinski definition) is 6. The lowest BCUT2D eigenvalue weighted by molar-refractivity contribution is 0.292. The first-order valence-corrected chi connectivity index (χ1v) is 7.43. The molecule has 2 aromatic heterocycles. The quantitative estimate of drug-likeness (QED) is 0.680. The Balaban J connectivity index is 2.28. The van der Waals surface area contributed by atoms with E-state index in [4.69, 9.17) is 5.11 Å². The summed E-state index contributed by atoms with van der Waals surface area (Å²) in [6.45, 7) is 5.95. The third-order valence-electron chi connectivity index (χ3n) is 2.68. The fourth-order valence-corrected chi connectivity index (χ4v) is 2.66. The van der Waals surface area contributed by atoms with Crippen molar-refractivity contribution in [3.63, 3.8) is 0 Å². The number of aliphatic hydroxyl groups excluding tert-OH is 1. The highest BCUT2D eigenvalue weighted by Crippen LogP contribution is 2.29. The van der Waals surface area contributed by atoms with Crippen LogP contribution in [0.25, 0.3) is 10.2 Å². The number of rotatable bonds is 7. The number of aromatic nitrogens is 2. The molecular formula is C13H20N4OS. The molecule has 6 heteroatoms. The molecule has 0 radical (unpaired) electrons. The lowest BCUT2D eigenvalue weighted by atomic mass is 10.3. The van der Waals surface area contributed by atoms with Gasteiger partial charge in [0, 0.05) is 24.6 Å². The van der Waals surface area contributed by atoms with Crippen LogP contribution in [0, 0.1) is 6.92 Å². The van der Waals surface area contributed by atoms with Gasteiger partial charge < -0.3 is 15.7 Å². The first kappa shape index (κ1) is 14.0. The molecule has 0 amide bonds. The van der Waals surface area contributed by atoms with Crippen LogP contribution in [-0.4, -0.2) is 34.8 Å². The number of anilines is 2. The standard InChI is InChI=1S/C13H20N4OS/c1-3-5-15-13-16-11(14-6-4-7-18)10-8-9(2)19-12(10)17-13/h8,18H,3-7H2,1-2H3,(H2,14,15,16,17). The smallest absolute Gasteiger partial charge is 0.226 e. The molecule has 2 heterocycles. The predicted molar refractivity (Wildman–Crippen MR) is 81.1 cm³/mol. The number of thiophene rings is 1. The van der Waals surface area contributed by atoms with Crippen LogP contribution in [-0.2, 0) is 0 Å². The van der Waals surface area contributed by atoms with E-state index in [9.17, 15) is 0 Å². The largest absolute Gasteiger partial charge is 0.396 e. The third-order valence-corrected chi connectivity index (χ3v) is 3.62. The van der Waals surface area contributed by atoms with E-state index in [-0.39, 0.29) is 6.61 Å². The molecule has 5 nitrogen and oxygen atoms in total. The van der Waals surface area contributed by atoms with Gasteiger partial charge in [-0.05, 0) is 25.8 Å². The normalized spacial score (nSPS) is 10.9. The topological polar surface area (TPSA) is 70.1 Å². The van der Waals surface area contributed by atoms with Gasteiger partial charge in [0.2, 0.25) is 5.95 Å². The second kappa shape index (κ2) is 6.68. The van der Waals surface area contributed by atoms with E-state index in [2.05, 4.69) is 40.5 Å². The molecule has 2 rings (SSSR count). The monoisotopic (exact) mass is 280 g/mol. The molecule has 0 spiro atoms. The number of nitrogens with zero attached hydrogens (tertiary/aromatic N) is 2. The van der Waals surface area contributed by atoms with Gasteiger partial charge in [0.1, 0.15) is 10.6 Å². The molecule has 0 saturated heterocycles. The molecule has 104 valence electrons. The fourth-order valence-electron chi connectivity index (χ4n) is 1.78. The van der Waals surface area contributed by atoms with Crippen molar-refractivity contribution in [2.24, 2.45) is 0 Å². The summed E-state index contributed by atoms with van der Waals surface area (Å²) in [5.74, 6) is 1.52. The second-order valence-electron chi connectivity index (χ2n) is 4.40. The maximum atomic E-state index is 8.85. The van der Waals surface area contributed by atoms with Crippen molar-refractivity contribution >= 4 is 33.3 Å². The van der Waals surface area contributed by atoms with E-state index >= 15 is 0 Å². The summed E-state index contributed by atoms with van der Waals surface area (Å²) < 4.78 is 0. The molecule has 0 aromatic carbocycles. The molecule has 0 atom stereocenters. The van der Waals surface area contributed by atoms with Gasteiger partial charge in [-0.2, -0.15) is 4.98 Å². The number of aliphatic hydroxyl groups is 1. The van der Waals surface area contributed by atoms with Crippen LogP contribution in [0.4, 0.5) is 11.8 Å². The lowest BCUT2D eigenvalue weighted by Crippen LogP contribution is -2.09. The number of fused-ring (bicyclic) bond motifs is 1. The van der Waals surface area contributed by atoms with Crippen LogP contribution in [0.1, 0.15) is 24.6 Å². The van der Waals surface area contributed by atoms with Crippen LogP contribution in [0.5, 0.6) is 0 Å². The maximum Gasteiger partial charge on any atom is 0.226 e. The Morgan fingerprint density at radius 1 is 1.26 bits per heavy atom. The summed E-state index contributed by atoms with van der Waals surface area (Å²) in [7, 11) is 0. The van der Waals surface area contributed by atoms with E-state index in [1.165, 1.54) is 4.88 Å². The maximum absolute atomic E-state index is 8.85. The Labute approximate surface area is 117 Å². The predicted octanol–water partition coefficient (Wildman–Crippen LogP) is 2.62. The van der Waals surface area contributed by atoms with Gasteiger partial charge in [0.15, 0.2) is 0 Å². The minimum atomic E-state index is 0.185. The van der Waals surface area contributed by atoms with Crippen molar-refractivity contribution in [1.29, 1.82) is 0 Å². The van der Waals surface area contributed by atoms with E-state index in [1.807, 2.05) is 0 Å². The molecule has 0 unspecified atom stereocenters. The van der Waals surface area contributed by atoms with Crippen molar-refractivity contribution in [3.05, 3.63) is 10.9 Å². The second-order valence-corrected chi connectivity index (χ2v) is 5.64. The van der Waals surface area contributed by atoms with Gasteiger partial charge in [-0.3, -0.25) is 0 Å². The SMILES string of the molecule is CCCNc1nc(NCCCO)c2cc(C)sc2n1. The summed E-state index contributed by atoms with van der Waals surface area (Å²) in [4.78, 5) is 11.3. The average Bonchev–Trinajstić information content (AvgIpc) is 2.77. The summed E-state index contributed by atoms with van der Waals surface area (Å²) in [6.07, 6.45) is 1.75. The first-order valence-electron chi connectivity index (χ1n) is 6.61. The Morgan fingerprint density at radius 2 is 2.11 bits per heavy atom. The summed E-state index contributed by atoms with van der Waals surface area (Å²) in [6, 6.07) is 2.10. The average molecular weight is 280 g/mol. The molecule has 0 aliphatic rings. The van der Waals surface area contributed by atoms with Gasteiger partial charge in [-0.15, -0.1) is 11.3 Å². The minimum Gasteiger partial charge on any atom is -0.396 e. The van der Waals surface area contributed by atoms with Gasteiger partial charge in [0.25, 0.3) is 0 Å². The van der Waals surface area contributed by atoms with Crippen LogP contribution < -0.4 is 10.6 Å². The Kier molecular flexibility index (Phi) is 4.93. The molecule has 19 heavy (non-hydrogen) atoms. The van der Waals surface area contributed by atoms with E-state index in [1.54, 1.807) is 11.3 Å². The van der Waals surface area contributed by atoms with Crippen molar-refractivity contribution in [2.75, 3.05) is 30.3 Å². The molecule has 0 aliphatic heterocycles. The van der Waals surface area contributed by atoms with Crippen LogP contribution in [0.3, 0.4) is 0 Å². The van der Waals surface area contributed by atoms with Crippen LogP contribution >= 0.6 is 11.3 Å². The van der Waals surface area contributed by atoms with E-state index < -0.39 is 0 Å². The van der Waals surface area contributed by atoms with Gasteiger partial charge in [-0.1, -0.05) is 6.92 Å². The molecule has 3 N–H and O–H groups in total. The van der Waals surface area contributed by atoms with E-state index in [0.29, 0.717) is 18.9 Å². The van der Waals surface area contributed by atoms with Gasteiger partial charge >= 0.3 is 0 Å². The Bertz CT molecular complexity index is 541. The molecule has 0 aliphatic carbocycles. The zero-order valence-corrected chi connectivity index (χ0v) is 12.2. The van der Waals surface area contributed by atoms with Gasteiger partial charge in [-0.25, -0.2) is 4.98 Å². The molecular weight excluding hydrogens is 260 g/mol. The number of nitrogens with one attached hydrogen (secondary N) is 2. The van der Waals surface area contributed by atoms with Crippen molar-refractivity contribution in [3.8, 4) is 0 Å². The summed E-state index contributed by atoms with van der Waals surface area (Å²) in [5.41, 5.74) is 0. The summed E-state index contributed by atoms with van der Waals surface area (Å²) in [5, 5.41) is 16.4. The Hall–Kier alpha value is -1.40. The zero-order valence-electron chi connectivity index (χ0n) is 11.4. The van der Waals surface area contributed by atoms with Gasteiger partial charge in [0.05, 0.1) is 5.39 Å². The highest BCUT2D eigenvalue weighted by atomic mass is 32.1. The Morgan fingerprint density at radius 3 is 2.84 bits per heavy atom. The van der Waals surface area contributed by atoms with Crippen LogP contribution in [0.2, 0.25) is 0 Å². The molecule has 2 aromatic rings. The third kappa shape index (κ3) is 3.54. The minimum absolute atomic E-state index is 0.185. The lowest BCUT2D eigenvalue weighted by Gasteiger charge is -2.09. The molecule has 0 saturated carbocycles. The van der Waals surface area contributed by atoms with Crippen molar-refractivity contribution in [1.82, 2.24) is 9.97 Å². The highest BCUT2D eigenvalue weighted by molar-refractivity contribution is 7.18. The van der Waals surface area contributed by atoms with Crippen molar-refractivity contribution in [2.45, 2.75) is 26.7 Å². The van der Waals surface area contributed by atoms with Crippen LogP contribution in [0.15, 0.2) is 6.07 Å². The number of hydrogen-bond donors (Lipinski definition) is 3. The van der Waals surface area contributed by atoms with Crippen molar-refractivity contribution < 1.29 is 5.11 Å². The number of aryl methyl sites for hydroxylation is 1. The fraction of sp³-hybridized carbons (Fsp3) is 0.538. The zero-order chi connectivity index (χ0) is 13.7. The van der Waals surface area contributed by atoms with E-state index in [0.717, 1.165) is 29.0 Å².